The molecule has 36 heavy (non-hydrogen) atoms. The maximum atomic E-state index is 13.2. The molecule has 0 saturated carbocycles. The van der Waals surface area contributed by atoms with Gasteiger partial charge in [-0.05, 0) is 57.8 Å². The third-order valence-corrected chi connectivity index (χ3v) is 5.56. The molecule has 1 saturated heterocycles. The van der Waals surface area contributed by atoms with Gasteiger partial charge in [0, 0.05) is 25.6 Å². The van der Waals surface area contributed by atoms with E-state index in [9.17, 15) is 19.5 Å². The summed E-state index contributed by atoms with van der Waals surface area (Å²) < 4.78 is 16.3. The number of benzene rings is 2. The highest BCUT2D eigenvalue weighted by Gasteiger charge is 2.46. The van der Waals surface area contributed by atoms with Crippen molar-refractivity contribution in [3.05, 3.63) is 59.2 Å². The van der Waals surface area contributed by atoms with Crippen LogP contribution in [0.5, 0.6) is 17.2 Å². The molecule has 1 aliphatic heterocycles. The first-order chi connectivity index (χ1) is 17.0. The van der Waals surface area contributed by atoms with Crippen LogP contribution < -0.4 is 14.2 Å². The minimum Gasteiger partial charge on any atom is -0.507 e. The van der Waals surface area contributed by atoms with E-state index in [4.69, 9.17) is 14.2 Å². The van der Waals surface area contributed by atoms with Gasteiger partial charge in [0.2, 0.25) is 0 Å². The molecule has 9 nitrogen and oxygen atoms in total. The number of amides is 1. The van der Waals surface area contributed by atoms with E-state index in [-0.39, 0.29) is 29.7 Å². The summed E-state index contributed by atoms with van der Waals surface area (Å²) in [5.74, 6) is -1.39. The second-order valence-electron chi connectivity index (χ2n) is 8.99. The van der Waals surface area contributed by atoms with Crippen LogP contribution in [0.2, 0.25) is 0 Å². The van der Waals surface area contributed by atoms with Crippen LogP contribution >= 0.6 is 0 Å². The summed E-state index contributed by atoms with van der Waals surface area (Å²) in [6, 6.07) is 10.6. The molecular weight excluding hydrogens is 464 g/mol. The van der Waals surface area contributed by atoms with Gasteiger partial charge in [0.25, 0.3) is 11.7 Å². The van der Waals surface area contributed by atoms with Crippen molar-refractivity contribution in [2.45, 2.75) is 32.9 Å². The molecule has 1 N–H and O–H groups in total. The van der Waals surface area contributed by atoms with Crippen LogP contribution in [-0.2, 0) is 14.4 Å². The smallest absolute Gasteiger partial charge is 0.308 e. The molecule has 2 aromatic carbocycles. The molecule has 1 fully saturated rings. The number of methoxy groups -OCH3 is 1. The van der Waals surface area contributed by atoms with E-state index in [1.165, 1.54) is 18.9 Å². The van der Waals surface area contributed by atoms with Crippen molar-refractivity contribution in [1.82, 2.24) is 9.80 Å². The molecule has 1 aliphatic rings. The number of hydrogen-bond donors (Lipinski definition) is 1. The summed E-state index contributed by atoms with van der Waals surface area (Å²) in [5, 5.41) is 11.3. The predicted molar refractivity (Wildman–Crippen MR) is 134 cm³/mol. The summed E-state index contributed by atoms with van der Waals surface area (Å²) in [7, 11) is 5.16. The van der Waals surface area contributed by atoms with E-state index in [2.05, 4.69) is 0 Å². The fraction of sp³-hybridized carbons (Fsp3) is 0.370. The molecule has 0 aliphatic carbocycles. The number of hydrogen-bond acceptors (Lipinski definition) is 8. The van der Waals surface area contributed by atoms with Crippen molar-refractivity contribution >= 4 is 23.4 Å². The molecule has 2 aromatic rings. The summed E-state index contributed by atoms with van der Waals surface area (Å²) in [6.07, 6.45) is -0.0852. The highest BCUT2D eigenvalue weighted by Crippen LogP contribution is 2.42. The molecule has 0 radical (unpaired) electrons. The van der Waals surface area contributed by atoms with Crippen molar-refractivity contribution in [3.63, 3.8) is 0 Å². The number of rotatable bonds is 9. The van der Waals surface area contributed by atoms with Crippen molar-refractivity contribution in [2.75, 3.05) is 34.3 Å². The van der Waals surface area contributed by atoms with Gasteiger partial charge in [-0.1, -0.05) is 18.2 Å². The van der Waals surface area contributed by atoms with Crippen LogP contribution in [0.15, 0.2) is 48.0 Å². The Morgan fingerprint density at radius 1 is 1.11 bits per heavy atom. The molecule has 1 heterocycles. The largest absolute Gasteiger partial charge is 0.507 e. The van der Waals surface area contributed by atoms with Gasteiger partial charge in [0.05, 0.1) is 24.8 Å². The van der Waals surface area contributed by atoms with Crippen molar-refractivity contribution in [1.29, 1.82) is 0 Å². The predicted octanol–water partition coefficient (Wildman–Crippen LogP) is 3.39. The summed E-state index contributed by atoms with van der Waals surface area (Å²) in [5.41, 5.74) is 0.776. The third-order valence-electron chi connectivity index (χ3n) is 5.56. The number of carbonyl (C=O) groups is 3. The van der Waals surface area contributed by atoms with E-state index in [1.807, 2.05) is 32.8 Å². The molecule has 192 valence electrons. The molecule has 1 atom stereocenters. The molecular formula is C27H32N2O7. The number of aliphatic hydroxyl groups excluding tert-OH is 1. The van der Waals surface area contributed by atoms with E-state index in [0.717, 1.165) is 0 Å². The van der Waals surface area contributed by atoms with Gasteiger partial charge in [0.15, 0.2) is 11.5 Å². The van der Waals surface area contributed by atoms with Crippen LogP contribution in [0.1, 0.15) is 37.9 Å². The van der Waals surface area contributed by atoms with Crippen LogP contribution in [0, 0.1) is 0 Å². The van der Waals surface area contributed by atoms with Crippen LogP contribution in [0.4, 0.5) is 0 Å². The van der Waals surface area contributed by atoms with Gasteiger partial charge in [-0.2, -0.15) is 0 Å². The Labute approximate surface area is 210 Å². The second kappa shape index (κ2) is 11.3. The first-order valence-electron chi connectivity index (χ1n) is 11.6. The maximum Gasteiger partial charge on any atom is 0.308 e. The fourth-order valence-electron chi connectivity index (χ4n) is 4.01. The zero-order chi connectivity index (χ0) is 26.6. The number of likely N-dealkylation sites (N-methyl/N-ethyl adjacent to an activating group) is 1. The molecule has 0 aromatic heterocycles. The number of carbonyl (C=O) groups excluding carboxylic acids is 3. The lowest BCUT2D eigenvalue weighted by Crippen LogP contribution is -2.35. The Hall–Kier alpha value is -3.85. The van der Waals surface area contributed by atoms with E-state index >= 15 is 0 Å². The minimum absolute atomic E-state index is 0.0561. The number of ether oxygens (including phenoxy) is 3. The van der Waals surface area contributed by atoms with Crippen molar-refractivity contribution < 1.29 is 33.7 Å². The number of esters is 1. The van der Waals surface area contributed by atoms with Crippen LogP contribution in [0.25, 0.3) is 5.76 Å². The average Bonchev–Trinajstić information content (AvgIpc) is 3.06. The summed E-state index contributed by atoms with van der Waals surface area (Å²) >= 11 is 0. The number of aliphatic hydroxyl groups is 1. The van der Waals surface area contributed by atoms with Gasteiger partial charge < -0.3 is 29.1 Å². The maximum absolute atomic E-state index is 13.2. The molecule has 0 bridgehead atoms. The van der Waals surface area contributed by atoms with Gasteiger partial charge in [-0.25, -0.2) is 0 Å². The zero-order valence-corrected chi connectivity index (χ0v) is 21.4. The Bertz CT molecular complexity index is 1190. The SMILES string of the molecule is COc1ccc(C2/C(=C(/O)c3cccc(OC(C)C)c3)C(=O)C(=O)N2CCN(C)C)cc1OC(C)=O. The second-order valence-corrected chi connectivity index (χ2v) is 8.99. The third kappa shape index (κ3) is 5.85. The number of likely N-dealkylation sites (tertiary alicyclic amines) is 1. The summed E-state index contributed by atoms with van der Waals surface area (Å²) in [4.78, 5) is 41.3. The number of ketones is 1. The standard InChI is InChI=1S/C27H32N2O7/c1-16(2)35-20-9-7-8-19(14-20)25(31)23-24(29(13-12-28(4)5)27(33)26(23)32)18-10-11-21(34-6)22(15-18)36-17(3)30/h7-11,14-16,24,31H,12-13H2,1-6H3/b25-23-. The topological polar surface area (TPSA) is 106 Å². The first-order valence-corrected chi connectivity index (χ1v) is 11.6. The van der Waals surface area contributed by atoms with Crippen molar-refractivity contribution in [3.8, 4) is 17.2 Å². The average molecular weight is 497 g/mol. The van der Waals surface area contributed by atoms with Gasteiger partial charge in [-0.15, -0.1) is 0 Å². The number of nitrogens with zero attached hydrogens (tertiary/aromatic N) is 2. The summed E-state index contributed by atoms with van der Waals surface area (Å²) in [6.45, 7) is 5.76. The highest BCUT2D eigenvalue weighted by molar-refractivity contribution is 6.46. The van der Waals surface area contributed by atoms with E-state index in [0.29, 0.717) is 29.2 Å². The highest BCUT2D eigenvalue weighted by atomic mass is 16.6. The zero-order valence-electron chi connectivity index (χ0n) is 21.4. The normalized spacial score (nSPS) is 17.1. The monoisotopic (exact) mass is 496 g/mol. The van der Waals surface area contributed by atoms with Gasteiger partial charge >= 0.3 is 5.97 Å². The van der Waals surface area contributed by atoms with Gasteiger partial charge in [0.1, 0.15) is 11.5 Å². The van der Waals surface area contributed by atoms with E-state index < -0.39 is 23.7 Å². The Morgan fingerprint density at radius 2 is 1.83 bits per heavy atom. The van der Waals surface area contributed by atoms with Gasteiger partial charge in [-0.3, -0.25) is 14.4 Å². The Balaban J connectivity index is 2.19. The minimum atomic E-state index is -0.903. The van der Waals surface area contributed by atoms with E-state index in [1.54, 1.807) is 42.5 Å². The quantitative estimate of drug-likeness (QED) is 0.185. The lowest BCUT2D eigenvalue weighted by molar-refractivity contribution is -0.140. The first kappa shape index (κ1) is 26.7. The molecule has 1 unspecified atom stereocenters. The van der Waals surface area contributed by atoms with Crippen LogP contribution in [-0.4, -0.2) is 73.0 Å². The Kier molecular flexibility index (Phi) is 8.37. The molecule has 0 spiro atoms. The van der Waals surface area contributed by atoms with Crippen molar-refractivity contribution in [2.24, 2.45) is 0 Å². The molecule has 9 heteroatoms. The number of Topliss-reactive ketones (excluding diaryl/α,β-unsaturated/α-hetero) is 1. The molecule has 3 rings (SSSR count). The van der Waals surface area contributed by atoms with Crippen LogP contribution in [0.3, 0.4) is 0 Å². The fourth-order valence-corrected chi connectivity index (χ4v) is 4.01. The lowest BCUT2D eigenvalue weighted by atomic mass is 9.95. The Morgan fingerprint density at radius 3 is 2.44 bits per heavy atom. The molecule has 1 amide bonds. The lowest BCUT2D eigenvalue weighted by Gasteiger charge is -2.27.